The predicted molar refractivity (Wildman–Crippen MR) is 74.8 cm³/mol. The Kier molecular flexibility index (Phi) is 2.67. The number of benzene rings is 2. The van der Waals surface area contributed by atoms with E-state index in [4.69, 9.17) is 4.74 Å². The van der Waals surface area contributed by atoms with Gasteiger partial charge in [-0.2, -0.15) is 0 Å². The highest BCUT2D eigenvalue weighted by Crippen LogP contribution is 2.34. The van der Waals surface area contributed by atoms with Crippen LogP contribution in [-0.2, 0) is 0 Å². The van der Waals surface area contributed by atoms with Gasteiger partial charge in [0.05, 0.1) is 0 Å². The summed E-state index contributed by atoms with van der Waals surface area (Å²) in [5.41, 5.74) is 4.94. The van der Waals surface area contributed by atoms with Crippen LogP contribution in [0.15, 0.2) is 48.5 Å². The summed E-state index contributed by atoms with van der Waals surface area (Å²) in [6.45, 7) is 4.25. The quantitative estimate of drug-likeness (QED) is 0.710. The lowest BCUT2D eigenvalue weighted by Gasteiger charge is -2.22. The summed E-state index contributed by atoms with van der Waals surface area (Å²) in [6, 6.07) is 14.6. The molecule has 18 heavy (non-hydrogen) atoms. The van der Waals surface area contributed by atoms with E-state index in [-0.39, 0.29) is 6.10 Å². The molecule has 90 valence electrons. The first-order chi connectivity index (χ1) is 8.74. The summed E-state index contributed by atoms with van der Waals surface area (Å²) in [7, 11) is 0. The third-order valence-electron chi connectivity index (χ3n) is 3.46. The molecule has 0 fully saturated rings. The van der Waals surface area contributed by atoms with Gasteiger partial charge in [0.2, 0.25) is 0 Å². The van der Waals surface area contributed by atoms with Crippen molar-refractivity contribution < 1.29 is 4.74 Å². The smallest absolute Gasteiger partial charge is 0.142 e. The summed E-state index contributed by atoms with van der Waals surface area (Å²) >= 11 is 0. The van der Waals surface area contributed by atoms with E-state index in [0.29, 0.717) is 0 Å². The van der Waals surface area contributed by atoms with E-state index in [9.17, 15) is 0 Å². The van der Waals surface area contributed by atoms with E-state index in [1.165, 1.54) is 22.3 Å². The SMILES string of the molecule is Cc1cc2c(cc1C)OC(c1ccccc1)C=C2. The van der Waals surface area contributed by atoms with Crippen molar-refractivity contribution >= 4 is 6.08 Å². The van der Waals surface area contributed by atoms with E-state index in [1.54, 1.807) is 0 Å². The maximum atomic E-state index is 6.07. The fourth-order valence-electron chi connectivity index (χ4n) is 2.23. The molecule has 1 nitrogen and oxygen atoms in total. The molecule has 1 heterocycles. The Balaban J connectivity index is 1.97. The van der Waals surface area contributed by atoms with Crippen LogP contribution in [0.5, 0.6) is 5.75 Å². The van der Waals surface area contributed by atoms with E-state index in [0.717, 1.165) is 5.75 Å². The average Bonchev–Trinajstić information content (AvgIpc) is 2.41. The number of aryl methyl sites for hydroxylation is 2. The van der Waals surface area contributed by atoms with Crippen molar-refractivity contribution in [3.63, 3.8) is 0 Å². The molecular formula is C17H16O. The van der Waals surface area contributed by atoms with E-state index in [2.05, 4.69) is 50.3 Å². The number of hydrogen-bond acceptors (Lipinski definition) is 1. The molecule has 1 aliphatic rings. The molecule has 1 atom stereocenters. The van der Waals surface area contributed by atoms with Gasteiger partial charge < -0.3 is 4.74 Å². The molecule has 2 aromatic carbocycles. The molecule has 0 aromatic heterocycles. The van der Waals surface area contributed by atoms with Crippen LogP contribution >= 0.6 is 0 Å². The molecule has 0 saturated heterocycles. The highest BCUT2D eigenvalue weighted by atomic mass is 16.5. The molecule has 0 saturated carbocycles. The zero-order valence-electron chi connectivity index (χ0n) is 10.7. The highest BCUT2D eigenvalue weighted by molar-refractivity contribution is 5.62. The lowest BCUT2D eigenvalue weighted by Crippen LogP contribution is -2.09. The monoisotopic (exact) mass is 236 g/mol. The van der Waals surface area contributed by atoms with Gasteiger partial charge in [0, 0.05) is 5.56 Å². The first-order valence-corrected chi connectivity index (χ1v) is 6.25. The minimum atomic E-state index is 0.0285. The maximum Gasteiger partial charge on any atom is 0.142 e. The van der Waals surface area contributed by atoms with Crippen LogP contribution < -0.4 is 4.74 Å². The van der Waals surface area contributed by atoms with Gasteiger partial charge in [0.25, 0.3) is 0 Å². The first kappa shape index (κ1) is 11.1. The largest absolute Gasteiger partial charge is 0.481 e. The van der Waals surface area contributed by atoms with E-state index < -0.39 is 0 Å². The Morgan fingerprint density at radius 1 is 0.944 bits per heavy atom. The number of fused-ring (bicyclic) bond motifs is 1. The van der Waals surface area contributed by atoms with Crippen molar-refractivity contribution in [2.45, 2.75) is 20.0 Å². The summed E-state index contributed by atoms with van der Waals surface area (Å²) in [6.07, 6.45) is 4.30. The van der Waals surface area contributed by atoms with Crippen LogP contribution in [0.25, 0.3) is 6.08 Å². The van der Waals surface area contributed by atoms with Crippen molar-refractivity contribution in [3.05, 3.63) is 70.8 Å². The molecule has 0 amide bonds. The van der Waals surface area contributed by atoms with Crippen LogP contribution in [0.1, 0.15) is 28.4 Å². The molecule has 1 heteroatoms. The summed E-state index contributed by atoms with van der Waals surface area (Å²) in [5.74, 6) is 0.981. The second-order valence-corrected chi connectivity index (χ2v) is 4.78. The van der Waals surface area contributed by atoms with Crippen molar-refractivity contribution in [1.82, 2.24) is 0 Å². The Morgan fingerprint density at radius 2 is 1.67 bits per heavy atom. The van der Waals surface area contributed by atoms with Gasteiger partial charge in [-0.1, -0.05) is 36.4 Å². The number of hydrogen-bond donors (Lipinski definition) is 0. The maximum absolute atomic E-state index is 6.07. The minimum Gasteiger partial charge on any atom is -0.481 e. The number of ether oxygens (including phenoxy) is 1. The molecule has 0 spiro atoms. The molecule has 3 rings (SSSR count). The summed E-state index contributed by atoms with van der Waals surface area (Å²) in [4.78, 5) is 0. The molecule has 0 radical (unpaired) electrons. The van der Waals surface area contributed by atoms with Gasteiger partial charge in [-0.05, 0) is 48.7 Å². The lowest BCUT2D eigenvalue weighted by molar-refractivity contribution is 0.251. The minimum absolute atomic E-state index is 0.0285. The number of rotatable bonds is 1. The first-order valence-electron chi connectivity index (χ1n) is 6.25. The molecule has 0 bridgehead atoms. The standard InChI is InChI=1S/C17H16O/c1-12-10-15-8-9-16(14-6-4-3-5-7-14)18-17(15)11-13(12)2/h3-11,16H,1-2H3. The Morgan fingerprint density at radius 3 is 2.44 bits per heavy atom. The van der Waals surface area contributed by atoms with Gasteiger partial charge in [-0.3, -0.25) is 0 Å². The third kappa shape index (κ3) is 1.92. The van der Waals surface area contributed by atoms with Crippen molar-refractivity contribution in [1.29, 1.82) is 0 Å². The molecule has 1 aliphatic heterocycles. The topological polar surface area (TPSA) is 9.23 Å². The second-order valence-electron chi connectivity index (χ2n) is 4.78. The molecule has 0 aliphatic carbocycles. The fourth-order valence-corrected chi connectivity index (χ4v) is 2.23. The predicted octanol–water partition coefficient (Wildman–Crippen LogP) is 4.45. The van der Waals surface area contributed by atoms with Crippen LogP contribution in [0, 0.1) is 13.8 Å². The van der Waals surface area contributed by atoms with Crippen LogP contribution in [-0.4, -0.2) is 0 Å². The normalized spacial score (nSPS) is 17.1. The summed E-state index contributed by atoms with van der Waals surface area (Å²) in [5, 5.41) is 0. The van der Waals surface area contributed by atoms with Gasteiger partial charge >= 0.3 is 0 Å². The van der Waals surface area contributed by atoms with Crippen molar-refractivity contribution in [2.24, 2.45) is 0 Å². The van der Waals surface area contributed by atoms with Crippen molar-refractivity contribution in [3.8, 4) is 5.75 Å². The lowest BCUT2D eigenvalue weighted by atomic mass is 10.0. The Hall–Kier alpha value is -2.02. The zero-order valence-corrected chi connectivity index (χ0v) is 10.7. The zero-order chi connectivity index (χ0) is 12.5. The van der Waals surface area contributed by atoms with E-state index >= 15 is 0 Å². The van der Waals surface area contributed by atoms with Crippen LogP contribution in [0.2, 0.25) is 0 Å². The highest BCUT2D eigenvalue weighted by Gasteiger charge is 2.16. The average molecular weight is 236 g/mol. The molecule has 0 N–H and O–H groups in total. The van der Waals surface area contributed by atoms with Crippen LogP contribution in [0.4, 0.5) is 0 Å². The van der Waals surface area contributed by atoms with Gasteiger partial charge in [-0.25, -0.2) is 0 Å². The molecule has 1 unspecified atom stereocenters. The van der Waals surface area contributed by atoms with E-state index in [1.807, 2.05) is 18.2 Å². The van der Waals surface area contributed by atoms with Gasteiger partial charge in [0.1, 0.15) is 11.9 Å². The molecular weight excluding hydrogens is 220 g/mol. The van der Waals surface area contributed by atoms with Crippen molar-refractivity contribution in [2.75, 3.05) is 0 Å². The van der Waals surface area contributed by atoms with Gasteiger partial charge in [0.15, 0.2) is 0 Å². The van der Waals surface area contributed by atoms with Gasteiger partial charge in [-0.15, -0.1) is 0 Å². The summed E-state index contributed by atoms with van der Waals surface area (Å²) < 4.78 is 6.07. The fraction of sp³-hybridized carbons (Fsp3) is 0.176. The Labute approximate surface area is 108 Å². The third-order valence-corrected chi connectivity index (χ3v) is 3.46. The van der Waals surface area contributed by atoms with Crippen LogP contribution in [0.3, 0.4) is 0 Å². The second kappa shape index (κ2) is 4.34. The Bertz CT molecular complexity index is 597. The molecule has 2 aromatic rings.